The quantitative estimate of drug-likeness (QED) is 0.417. The molecule has 0 aliphatic heterocycles. The number of nitrogens with zero attached hydrogens (tertiary/aromatic N) is 2. The van der Waals surface area contributed by atoms with Gasteiger partial charge >= 0.3 is 0 Å². The Morgan fingerprint density at radius 2 is 2.22 bits per heavy atom. The summed E-state index contributed by atoms with van der Waals surface area (Å²) in [7, 11) is 0. The van der Waals surface area contributed by atoms with Crippen LogP contribution in [0.3, 0.4) is 0 Å². The normalized spacial score (nSPS) is 9.83. The Morgan fingerprint density at radius 1 is 1.33 bits per heavy atom. The van der Waals surface area contributed by atoms with Gasteiger partial charge in [0.1, 0.15) is 5.82 Å². The molecule has 4 N–H and O–H groups in total. The molecular weight excluding hydrogens is 230 g/mol. The summed E-state index contributed by atoms with van der Waals surface area (Å²) in [5.41, 5.74) is 3.57. The summed E-state index contributed by atoms with van der Waals surface area (Å²) in [5.74, 6) is 5.34. The number of carbonyl (C=O) groups excluding carboxylic acids is 1. The number of hydrogen-bond donors (Lipinski definition) is 3. The SMILES string of the molecule is NNC(=O)c1ccnc(NCc2cccnc2)c1. The molecule has 0 aliphatic rings. The maximum Gasteiger partial charge on any atom is 0.265 e. The van der Waals surface area contributed by atoms with E-state index in [2.05, 4.69) is 20.7 Å². The van der Waals surface area contributed by atoms with Gasteiger partial charge in [-0.05, 0) is 23.8 Å². The Kier molecular flexibility index (Phi) is 3.83. The zero-order valence-corrected chi connectivity index (χ0v) is 9.63. The highest BCUT2D eigenvalue weighted by Gasteiger charge is 2.04. The van der Waals surface area contributed by atoms with E-state index >= 15 is 0 Å². The van der Waals surface area contributed by atoms with E-state index in [9.17, 15) is 4.79 Å². The summed E-state index contributed by atoms with van der Waals surface area (Å²) in [6.07, 6.45) is 5.04. The minimum Gasteiger partial charge on any atom is -0.366 e. The molecule has 0 aliphatic carbocycles. The first kappa shape index (κ1) is 12.0. The van der Waals surface area contributed by atoms with Crippen molar-refractivity contribution in [3.63, 3.8) is 0 Å². The molecule has 0 fully saturated rings. The first-order chi connectivity index (χ1) is 8.79. The molecule has 2 aromatic heterocycles. The molecule has 2 aromatic rings. The average Bonchev–Trinajstić information content (AvgIpc) is 2.45. The molecule has 0 saturated heterocycles. The smallest absolute Gasteiger partial charge is 0.265 e. The van der Waals surface area contributed by atoms with Crippen molar-refractivity contribution in [3.8, 4) is 0 Å². The third kappa shape index (κ3) is 3.02. The second-order valence-electron chi connectivity index (χ2n) is 3.62. The van der Waals surface area contributed by atoms with Crippen molar-refractivity contribution >= 4 is 11.7 Å². The van der Waals surface area contributed by atoms with Crippen LogP contribution < -0.4 is 16.6 Å². The summed E-state index contributed by atoms with van der Waals surface area (Å²) in [6, 6.07) is 7.05. The second kappa shape index (κ2) is 5.74. The highest BCUT2D eigenvalue weighted by Crippen LogP contribution is 2.08. The summed E-state index contributed by atoms with van der Waals surface area (Å²) in [4.78, 5) is 19.5. The predicted molar refractivity (Wildman–Crippen MR) is 67.5 cm³/mol. The predicted octanol–water partition coefficient (Wildman–Crippen LogP) is 0.692. The number of carbonyl (C=O) groups is 1. The Morgan fingerprint density at radius 3 is 2.94 bits per heavy atom. The van der Waals surface area contributed by atoms with Crippen molar-refractivity contribution in [2.75, 3.05) is 5.32 Å². The van der Waals surface area contributed by atoms with Crippen LogP contribution in [0.2, 0.25) is 0 Å². The molecule has 1 amide bonds. The number of hydrazine groups is 1. The lowest BCUT2D eigenvalue weighted by molar-refractivity contribution is 0.0953. The lowest BCUT2D eigenvalue weighted by Gasteiger charge is -2.06. The highest BCUT2D eigenvalue weighted by atomic mass is 16.2. The highest BCUT2D eigenvalue weighted by molar-refractivity contribution is 5.94. The first-order valence-corrected chi connectivity index (χ1v) is 5.39. The minimum absolute atomic E-state index is 0.346. The Hall–Kier alpha value is -2.47. The molecule has 2 heterocycles. The van der Waals surface area contributed by atoms with Crippen molar-refractivity contribution in [1.82, 2.24) is 15.4 Å². The van der Waals surface area contributed by atoms with E-state index < -0.39 is 0 Å². The van der Waals surface area contributed by atoms with Crippen LogP contribution in [-0.4, -0.2) is 15.9 Å². The summed E-state index contributed by atoms with van der Waals surface area (Å²) >= 11 is 0. The van der Waals surface area contributed by atoms with Crippen LogP contribution in [0, 0.1) is 0 Å². The lowest BCUT2D eigenvalue weighted by Crippen LogP contribution is -2.30. The van der Waals surface area contributed by atoms with Crippen LogP contribution in [0.4, 0.5) is 5.82 Å². The van der Waals surface area contributed by atoms with E-state index in [0.29, 0.717) is 17.9 Å². The molecule has 0 atom stereocenters. The van der Waals surface area contributed by atoms with Crippen molar-refractivity contribution in [3.05, 3.63) is 54.0 Å². The summed E-state index contributed by atoms with van der Waals surface area (Å²) in [5, 5.41) is 3.11. The van der Waals surface area contributed by atoms with Gasteiger partial charge in [0.05, 0.1) is 0 Å². The van der Waals surface area contributed by atoms with Crippen LogP contribution in [0.15, 0.2) is 42.9 Å². The molecular formula is C12H13N5O. The van der Waals surface area contributed by atoms with Crippen molar-refractivity contribution < 1.29 is 4.79 Å². The fraction of sp³-hybridized carbons (Fsp3) is 0.0833. The number of nitrogen functional groups attached to an aromatic ring is 1. The van der Waals surface area contributed by atoms with Gasteiger partial charge in [0.25, 0.3) is 5.91 Å². The van der Waals surface area contributed by atoms with E-state index in [0.717, 1.165) is 5.56 Å². The van der Waals surface area contributed by atoms with Gasteiger partial charge in [-0.15, -0.1) is 0 Å². The van der Waals surface area contributed by atoms with Crippen molar-refractivity contribution in [2.24, 2.45) is 5.84 Å². The van der Waals surface area contributed by atoms with E-state index in [1.807, 2.05) is 12.1 Å². The fourth-order valence-electron chi connectivity index (χ4n) is 1.45. The Bertz CT molecular complexity index is 529. The van der Waals surface area contributed by atoms with Crippen molar-refractivity contribution in [2.45, 2.75) is 6.54 Å². The standard InChI is InChI=1S/C12H13N5O/c13-17-12(18)10-3-5-15-11(6-10)16-8-9-2-1-4-14-7-9/h1-7H,8,13H2,(H,15,16)(H,17,18). The zero-order valence-electron chi connectivity index (χ0n) is 9.63. The van der Waals surface area contributed by atoms with E-state index in [4.69, 9.17) is 5.84 Å². The maximum atomic E-state index is 11.3. The number of anilines is 1. The second-order valence-corrected chi connectivity index (χ2v) is 3.62. The van der Waals surface area contributed by atoms with Crippen LogP contribution in [0.1, 0.15) is 15.9 Å². The zero-order chi connectivity index (χ0) is 12.8. The summed E-state index contributed by atoms with van der Waals surface area (Å²) in [6.45, 7) is 0.592. The van der Waals surface area contributed by atoms with Crippen LogP contribution in [-0.2, 0) is 6.54 Å². The van der Waals surface area contributed by atoms with Gasteiger partial charge in [-0.1, -0.05) is 6.07 Å². The molecule has 92 valence electrons. The van der Waals surface area contributed by atoms with Crippen LogP contribution in [0.25, 0.3) is 0 Å². The van der Waals surface area contributed by atoms with Gasteiger partial charge in [-0.3, -0.25) is 15.2 Å². The van der Waals surface area contributed by atoms with E-state index in [1.54, 1.807) is 30.7 Å². The van der Waals surface area contributed by atoms with E-state index in [1.165, 1.54) is 0 Å². The molecule has 6 nitrogen and oxygen atoms in total. The molecule has 0 unspecified atom stereocenters. The number of aromatic nitrogens is 2. The Labute approximate surface area is 104 Å². The molecule has 0 bridgehead atoms. The fourth-order valence-corrected chi connectivity index (χ4v) is 1.45. The number of rotatable bonds is 4. The van der Waals surface area contributed by atoms with Crippen LogP contribution >= 0.6 is 0 Å². The topological polar surface area (TPSA) is 92.9 Å². The van der Waals surface area contributed by atoms with Gasteiger partial charge in [0.2, 0.25) is 0 Å². The van der Waals surface area contributed by atoms with Gasteiger partial charge in [0, 0.05) is 30.7 Å². The first-order valence-electron chi connectivity index (χ1n) is 5.39. The maximum absolute atomic E-state index is 11.3. The monoisotopic (exact) mass is 243 g/mol. The Balaban J connectivity index is 2.04. The minimum atomic E-state index is -0.346. The van der Waals surface area contributed by atoms with Crippen LogP contribution in [0.5, 0.6) is 0 Å². The number of amides is 1. The molecule has 6 heteroatoms. The molecule has 2 rings (SSSR count). The number of pyridine rings is 2. The largest absolute Gasteiger partial charge is 0.366 e. The van der Waals surface area contributed by atoms with Gasteiger partial charge < -0.3 is 5.32 Å². The third-order valence-electron chi connectivity index (χ3n) is 2.35. The molecule has 0 spiro atoms. The molecule has 18 heavy (non-hydrogen) atoms. The number of nitrogens with one attached hydrogen (secondary N) is 2. The molecule has 0 radical (unpaired) electrons. The average molecular weight is 243 g/mol. The summed E-state index contributed by atoms with van der Waals surface area (Å²) < 4.78 is 0. The lowest BCUT2D eigenvalue weighted by atomic mass is 10.2. The molecule has 0 aromatic carbocycles. The number of hydrogen-bond acceptors (Lipinski definition) is 5. The van der Waals surface area contributed by atoms with Gasteiger partial charge in [-0.25, -0.2) is 10.8 Å². The van der Waals surface area contributed by atoms with Gasteiger partial charge in [-0.2, -0.15) is 0 Å². The van der Waals surface area contributed by atoms with Crippen molar-refractivity contribution in [1.29, 1.82) is 0 Å². The van der Waals surface area contributed by atoms with Gasteiger partial charge in [0.15, 0.2) is 0 Å². The van der Waals surface area contributed by atoms with E-state index in [-0.39, 0.29) is 5.91 Å². The third-order valence-corrected chi connectivity index (χ3v) is 2.35. The molecule has 0 saturated carbocycles. The number of nitrogens with two attached hydrogens (primary N) is 1.